The summed E-state index contributed by atoms with van der Waals surface area (Å²) in [6, 6.07) is 13.8. The van der Waals surface area contributed by atoms with Crippen LogP contribution in [0.4, 0.5) is 0 Å². The van der Waals surface area contributed by atoms with Gasteiger partial charge in [-0.05, 0) is 68.4 Å². The lowest BCUT2D eigenvalue weighted by Gasteiger charge is -2.37. The van der Waals surface area contributed by atoms with Gasteiger partial charge in [0.25, 0.3) is 5.91 Å². The third-order valence-electron chi connectivity index (χ3n) is 6.70. The molecule has 2 fully saturated rings. The van der Waals surface area contributed by atoms with E-state index in [2.05, 4.69) is 22.2 Å². The normalized spacial score (nSPS) is 19.6. The van der Waals surface area contributed by atoms with Crippen molar-refractivity contribution in [3.05, 3.63) is 65.4 Å². The van der Waals surface area contributed by atoms with Gasteiger partial charge in [0.1, 0.15) is 12.4 Å². The fourth-order valence-corrected chi connectivity index (χ4v) is 4.36. The van der Waals surface area contributed by atoms with Crippen molar-refractivity contribution < 1.29 is 14.6 Å². The minimum absolute atomic E-state index is 0.0140. The number of fused-ring (bicyclic) bond motifs is 1. The summed E-state index contributed by atoms with van der Waals surface area (Å²) in [6.07, 6.45) is 4.54. The van der Waals surface area contributed by atoms with Gasteiger partial charge in [-0.15, -0.1) is 0 Å². The van der Waals surface area contributed by atoms with E-state index in [9.17, 15) is 9.90 Å². The number of aromatic hydroxyl groups is 1. The van der Waals surface area contributed by atoms with Crippen LogP contribution in [0.5, 0.6) is 11.6 Å². The number of carbonyl (C=O) groups excluding carboxylic acids is 1. The van der Waals surface area contributed by atoms with E-state index in [1.165, 1.54) is 0 Å². The molecule has 31 heavy (non-hydrogen) atoms. The first-order valence-corrected chi connectivity index (χ1v) is 10.8. The molecule has 0 bridgehead atoms. The molecule has 1 unspecified atom stereocenters. The van der Waals surface area contributed by atoms with Crippen LogP contribution in [0.1, 0.15) is 40.7 Å². The highest BCUT2D eigenvalue weighted by molar-refractivity contribution is 5.97. The van der Waals surface area contributed by atoms with Crippen LogP contribution in [-0.2, 0) is 5.54 Å². The van der Waals surface area contributed by atoms with Gasteiger partial charge in [0.05, 0.1) is 5.54 Å². The number of amides is 1. The number of nitrogens with zero attached hydrogens (tertiary/aromatic N) is 2. The van der Waals surface area contributed by atoms with Gasteiger partial charge in [-0.2, -0.15) is 0 Å². The van der Waals surface area contributed by atoms with Gasteiger partial charge >= 0.3 is 0 Å². The molecule has 0 spiro atoms. The van der Waals surface area contributed by atoms with Gasteiger partial charge in [0.2, 0.25) is 5.88 Å². The van der Waals surface area contributed by atoms with Crippen LogP contribution in [0.2, 0.25) is 0 Å². The fourth-order valence-electron chi connectivity index (χ4n) is 4.36. The number of aryl methyl sites for hydroxylation is 1. The second-order valence-electron chi connectivity index (χ2n) is 8.82. The molecule has 3 aromatic rings. The van der Waals surface area contributed by atoms with Gasteiger partial charge in [-0.3, -0.25) is 9.69 Å². The Morgan fingerprint density at radius 2 is 2.13 bits per heavy atom. The van der Waals surface area contributed by atoms with Crippen LogP contribution in [0.15, 0.2) is 48.7 Å². The number of carbonyl (C=O) groups is 1. The maximum absolute atomic E-state index is 13.3. The van der Waals surface area contributed by atoms with E-state index in [-0.39, 0.29) is 11.8 Å². The van der Waals surface area contributed by atoms with Gasteiger partial charge in [-0.1, -0.05) is 24.3 Å². The maximum Gasteiger partial charge on any atom is 0.252 e. The van der Waals surface area contributed by atoms with E-state index in [4.69, 9.17) is 4.74 Å². The van der Waals surface area contributed by atoms with E-state index in [0.717, 1.165) is 53.5 Å². The molecular weight excluding hydrogens is 390 g/mol. The Morgan fingerprint density at radius 1 is 1.29 bits per heavy atom. The molecular formula is C25H27N3O3. The lowest BCUT2D eigenvalue weighted by Crippen LogP contribution is -2.48. The van der Waals surface area contributed by atoms with Crippen molar-refractivity contribution in [2.24, 2.45) is 0 Å². The summed E-state index contributed by atoms with van der Waals surface area (Å²) in [4.78, 5) is 19.5. The first-order chi connectivity index (χ1) is 14.9. The van der Waals surface area contributed by atoms with E-state index in [1.54, 1.807) is 12.3 Å². The molecule has 1 amide bonds. The molecule has 1 saturated carbocycles. The summed E-state index contributed by atoms with van der Waals surface area (Å²) in [7, 11) is 2.10. The Kier molecular flexibility index (Phi) is 4.82. The number of benzene rings is 2. The summed E-state index contributed by atoms with van der Waals surface area (Å²) in [5.41, 5.74) is 2.16. The molecule has 1 aliphatic heterocycles. The fraction of sp³-hybridized carbons (Fsp3) is 0.360. The van der Waals surface area contributed by atoms with E-state index >= 15 is 0 Å². The molecule has 2 aromatic carbocycles. The quantitative estimate of drug-likeness (QED) is 0.639. The Bertz CT molecular complexity index is 1160. The van der Waals surface area contributed by atoms with E-state index in [1.807, 2.05) is 43.3 Å². The highest BCUT2D eigenvalue weighted by atomic mass is 16.5. The summed E-state index contributed by atoms with van der Waals surface area (Å²) in [6.45, 7) is 3.69. The summed E-state index contributed by atoms with van der Waals surface area (Å²) < 4.78 is 5.97. The third kappa shape index (κ3) is 3.72. The predicted octanol–water partition coefficient (Wildman–Crippen LogP) is 3.75. The van der Waals surface area contributed by atoms with Crippen molar-refractivity contribution in [3.63, 3.8) is 0 Å². The molecule has 0 radical (unpaired) electrons. The molecule has 160 valence electrons. The average Bonchev–Trinajstić information content (AvgIpc) is 3.53. The molecule has 1 aromatic heterocycles. The second kappa shape index (κ2) is 7.54. The zero-order chi connectivity index (χ0) is 21.6. The number of hydrogen-bond donors (Lipinski definition) is 2. The third-order valence-corrected chi connectivity index (χ3v) is 6.70. The van der Waals surface area contributed by atoms with Crippen molar-refractivity contribution in [1.29, 1.82) is 0 Å². The largest absolute Gasteiger partial charge is 0.493 e. The number of ether oxygens (including phenoxy) is 1. The van der Waals surface area contributed by atoms with Gasteiger partial charge < -0.3 is 15.2 Å². The zero-order valence-electron chi connectivity index (χ0n) is 17.9. The molecule has 1 aliphatic carbocycles. The second-order valence-corrected chi connectivity index (χ2v) is 8.82. The number of likely N-dealkylation sites (N-methyl/N-ethyl adjacent to an activating group) is 1. The minimum Gasteiger partial charge on any atom is -0.493 e. The molecule has 2 N–H and O–H groups in total. The molecule has 5 rings (SSSR count). The SMILES string of the molecule is Cc1ccc(OCC2CCN2C)cc1C(=O)NC1(c2cccc3cnc(O)cc23)CC1. The first kappa shape index (κ1) is 19.8. The predicted molar refractivity (Wildman–Crippen MR) is 119 cm³/mol. The van der Waals surface area contributed by atoms with Crippen LogP contribution in [-0.4, -0.2) is 47.1 Å². The van der Waals surface area contributed by atoms with Crippen molar-refractivity contribution >= 4 is 16.7 Å². The van der Waals surface area contributed by atoms with Crippen LogP contribution >= 0.6 is 0 Å². The molecule has 1 saturated heterocycles. The van der Waals surface area contributed by atoms with Crippen molar-refractivity contribution in [1.82, 2.24) is 15.2 Å². The summed E-state index contributed by atoms with van der Waals surface area (Å²) in [5, 5.41) is 15.0. The average molecular weight is 418 g/mol. The Hall–Kier alpha value is -3.12. The summed E-state index contributed by atoms with van der Waals surface area (Å²) >= 11 is 0. The molecule has 1 atom stereocenters. The Labute approximate surface area is 181 Å². The van der Waals surface area contributed by atoms with Gasteiger partial charge in [-0.25, -0.2) is 4.98 Å². The number of nitrogens with one attached hydrogen (secondary N) is 1. The molecule has 6 heteroatoms. The Balaban J connectivity index is 1.38. The van der Waals surface area contributed by atoms with Crippen LogP contribution in [0.25, 0.3) is 10.8 Å². The monoisotopic (exact) mass is 417 g/mol. The summed E-state index contributed by atoms with van der Waals surface area (Å²) in [5.74, 6) is 0.610. The lowest BCUT2D eigenvalue weighted by molar-refractivity contribution is 0.0767. The molecule has 2 heterocycles. The van der Waals surface area contributed by atoms with Crippen molar-refractivity contribution in [2.45, 2.75) is 37.8 Å². The van der Waals surface area contributed by atoms with Crippen LogP contribution < -0.4 is 10.1 Å². The minimum atomic E-state index is -0.414. The van der Waals surface area contributed by atoms with E-state index in [0.29, 0.717) is 18.2 Å². The number of pyridine rings is 1. The zero-order valence-corrected chi connectivity index (χ0v) is 17.9. The standard InChI is InChI=1S/C25H27N3O3/c1-16-6-7-19(31-15-18-8-11-28(18)2)12-20(16)24(30)27-25(9-10-25)22-5-3-4-17-14-26-23(29)13-21(17)22/h3-7,12-14,18H,8-11,15H2,1-2H3,(H,26,29)(H,27,30). The number of hydrogen-bond acceptors (Lipinski definition) is 5. The molecule has 2 aliphatic rings. The van der Waals surface area contributed by atoms with Gasteiger partial charge in [0, 0.05) is 29.3 Å². The number of aromatic nitrogens is 1. The van der Waals surface area contributed by atoms with Crippen LogP contribution in [0.3, 0.4) is 0 Å². The maximum atomic E-state index is 13.3. The molecule has 6 nitrogen and oxygen atoms in total. The first-order valence-electron chi connectivity index (χ1n) is 10.8. The lowest BCUT2D eigenvalue weighted by atomic mass is 9.97. The highest BCUT2D eigenvalue weighted by Gasteiger charge is 2.46. The Morgan fingerprint density at radius 3 is 2.84 bits per heavy atom. The number of likely N-dealkylation sites (tertiary alicyclic amines) is 1. The van der Waals surface area contributed by atoms with Gasteiger partial charge in [0.15, 0.2) is 0 Å². The smallest absolute Gasteiger partial charge is 0.252 e. The topological polar surface area (TPSA) is 74.7 Å². The van der Waals surface area contributed by atoms with Crippen LogP contribution in [0, 0.1) is 6.92 Å². The van der Waals surface area contributed by atoms with Crippen molar-refractivity contribution in [3.8, 4) is 11.6 Å². The number of rotatable bonds is 6. The highest BCUT2D eigenvalue weighted by Crippen LogP contribution is 2.48. The van der Waals surface area contributed by atoms with Crippen molar-refractivity contribution in [2.75, 3.05) is 20.2 Å². The van der Waals surface area contributed by atoms with E-state index < -0.39 is 5.54 Å².